The van der Waals surface area contributed by atoms with Gasteiger partial charge in [0.15, 0.2) is 0 Å². The van der Waals surface area contributed by atoms with Gasteiger partial charge in [0.2, 0.25) is 0 Å². The van der Waals surface area contributed by atoms with Crippen molar-refractivity contribution in [1.82, 2.24) is 4.90 Å². The van der Waals surface area contributed by atoms with Crippen LogP contribution in [0.3, 0.4) is 0 Å². The number of allylic oxidation sites excluding steroid dienone is 1. The molecule has 0 saturated carbocycles. The molecule has 0 bridgehead atoms. The van der Waals surface area contributed by atoms with Gasteiger partial charge in [0.05, 0.1) is 6.61 Å². The highest BCUT2D eigenvalue weighted by Crippen LogP contribution is 1.97. The molecule has 0 heterocycles. The van der Waals surface area contributed by atoms with E-state index in [-0.39, 0.29) is 6.61 Å². The predicted octanol–water partition coefficient (Wildman–Crippen LogP) is 2.05. The SMILES string of the molecule is CCCCN(CC=C(C)C)CCO. The molecule has 0 spiro atoms. The summed E-state index contributed by atoms with van der Waals surface area (Å²) in [4.78, 5) is 2.29. The quantitative estimate of drug-likeness (QED) is 0.614. The van der Waals surface area contributed by atoms with Crippen molar-refractivity contribution in [2.45, 2.75) is 33.6 Å². The van der Waals surface area contributed by atoms with Crippen LogP contribution in [0.2, 0.25) is 0 Å². The molecule has 0 atom stereocenters. The summed E-state index contributed by atoms with van der Waals surface area (Å²) < 4.78 is 0. The van der Waals surface area contributed by atoms with Gasteiger partial charge in [0.25, 0.3) is 0 Å². The lowest BCUT2D eigenvalue weighted by atomic mass is 10.3. The van der Waals surface area contributed by atoms with Crippen LogP contribution in [-0.2, 0) is 0 Å². The van der Waals surface area contributed by atoms with Gasteiger partial charge in [0, 0.05) is 13.1 Å². The molecule has 0 aromatic heterocycles. The molecule has 0 aliphatic carbocycles. The van der Waals surface area contributed by atoms with Crippen LogP contribution in [-0.4, -0.2) is 36.2 Å². The molecule has 0 unspecified atom stereocenters. The monoisotopic (exact) mass is 185 g/mol. The molecule has 0 fully saturated rings. The van der Waals surface area contributed by atoms with Gasteiger partial charge in [-0.3, -0.25) is 4.90 Å². The van der Waals surface area contributed by atoms with E-state index in [1.165, 1.54) is 18.4 Å². The minimum absolute atomic E-state index is 0.264. The third-order valence-corrected chi connectivity index (χ3v) is 2.00. The molecule has 2 nitrogen and oxygen atoms in total. The second kappa shape index (κ2) is 8.27. The molecule has 0 aliphatic heterocycles. The maximum atomic E-state index is 8.84. The smallest absolute Gasteiger partial charge is 0.0558 e. The Morgan fingerprint density at radius 1 is 1.31 bits per heavy atom. The first-order chi connectivity index (χ1) is 6.20. The third kappa shape index (κ3) is 8.00. The van der Waals surface area contributed by atoms with Crippen molar-refractivity contribution < 1.29 is 5.11 Å². The fourth-order valence-electron chi connectivity index (χ4n) is 1.13. The van der Waals surface area contributed by atoms with E-state index < -0.39 is 0 Å². The molecule has 0 radical (unpaired) electrons. The summed E-state index contributed by atoms with van der Waals surface area (Å²) in [6.45, 7) is 9.54. The molecule has 0 aromatic carbocycles. The highest BCUT2D eigenvalue weighted by molar-refractivity contribution is 4.94. The van der Waals surface area contributed by atoms with Crippen molar-refractivity contribution >= 4 is 0 Å². The van der Waals surface area contributed by atoms with Crippen molar-refractivity contribution in [2.75, 3.05) is 26.2 Å². The van der Waals surface area contributed by atoms with E-state index in [9.17, 15) is 0 Å². The highest BCUT2D eigenvalue weighted by Gasteiger charge is 2.00. The number of unbranched alkanes of at least 4 members (excludes halogenated alkanes) is 1. The molecule has 0 rings (SSSR count). The zero-order chi connectivity index (χ0) is 10.1. The van der Waals surface area contributed by atoms with Crippen molar-refractivity contribution in [3.8, 4) is 0 Å². The Kier molecular flexibility index (Phi) is 8.05. The summed E-state index contributed by atoms with van der Waals surface area (Å²) in [7, 11) is 0. The Morgan fingerprint density at radius 2 is 2.00 bits per heavy atom. The van der Waals surface area contributed by atoms with Crippen LogP contribution in [0.4, 0.5) is 0 Å². The third-order valence-electron chi connectivity index (χ3n) is 2.00. The first-order valence-electron chi connectivity index (χ1n) is 5.17. The van der Waals surface area contributed by atoms with Crippen LogP contribution in [0, 0.1) is 0 Å². The van der Waals surface area contributed by atoms with Crippen LogP contribution in [0.5, 0.6) is 0 Å². The lowest BCUT2D eigenvalue weighted by Crippen LogP contribution is -2.28. The molecule has 2 heteroatoms. The van der Waals surface area contributed by atoms with Gasteiger partial charge in [-0.1, -0.05) is 25.0 Å². The lowest BCUT2D eigenvalue weighted by Gasteiger charge is -2.19. The van der Waals surface area contributed by atoms with Gasteiger partial charge >= 0.3 is 0 Å². The second-order valence-electron chi connectivity index (χ2n) is 3.66. The maximum absolute atomic E-state index is 8.84. The Bertz CT molecular complexity index is 139. The first-order valence-corrected chi connectivity index (χ1v) is 5.17. The van der Waals surface area contributed by atoms with Crippen LogP contribution in [0.15, 0.2) is 11.6 Å². The van der Waals surface area contributed by atoms with Gasteiger partial charge in [-0.2, -0.15) is 0 Å². The lowest BCUT2D eigenvalue weighted by molar-refractivity contribution is 0.206. The summed E-state index contributed by atoms with van der Waals surface area (Å²) in [5.74, 6) is 0. The second-order valence-corrected chi connectivity index (χ2v) is 3.66. The molecule has 0 aliphatic rings. The number of nitrogens with zero attached hydrogens (tertiary/aromatic N) is 1. The van der Waals surface area contributed by atoms with E-state index in [4.69, 9.17) is 5.11 Å². The first kappa shape index (κ1) is 12.7. The van der Waals surface area contributed by atoms with Crippen molar-refractivity contribution in [2.24, 2.45) is 0 Å². The normalized spacial score (nSPS) is 10.5. The molecule has 78 valence electrons. The van der Waals surface area contributed by atoms with Crippen LogP contribution < -0.4 is 0 Å². The fraction of sp³-hybridized carbons (Fsp3) is 0.818. The minimum Gasteiger partial charge on any atom is -0.395 e. The number of aliphatic hydroxyl groups is 1. The summed E-state index contributed by atoms with van der Waals surface area (Å²) >= 11 is 0. The van der Waals surface area contributed by atoms with E-state index in [2.05, 4.69) is 31.7 Å². The highest BCUT2D eigenvalue weighted by atomic mass is 16.3. The predicted molar refractivity (Wildman–Crippen MR) is 57.9 cm³/mol. The van der Waals surface area contributed by atoms with Gasteiger partial charge < -0.3 is 5.11 Å². The van der Waals surface area contributed by atoms with Gasteiger partial charge in [-0.15, -0.1) is 0 Å². The average molecular weight is 185 g/mol. The summed E-state index contributed by atoms with van der Waals surface area (Å²) in [6.07, 6.45) is 4.65. The van der Waals surface area contributed by atoms with Crippen LogP contribution >= 0.6 is 0 Å². The molecular formula is C11H23NO. The number of hydrogen-bond acceptors (Lipinski definition) is 2. The Balaban J connectivity index is 3.72. The van der Waals surface area contributed by atoms with Crippen molar-refractivity contribution in [3.63, 3.8) is 0 Å². The van der Waals surface area contributed by atoms with Crippen LogP contribution in [0.1, 0.15) is 33.6 Å². The standard InChI is InChI=1S/C11H23NO/c1-4-5-7-12(9-10-13)8-6-11(2)3/h6,13H,4-5,7-10H2,1-3H3. The van der Waals surface area contributed by atoms with E-state index in [1.54, 1.807) is 0 Å². The average Bonchev–Trinajstić information content (AvgIpc) is 2.09. The summed E-state index contributed by atoms with van der Waals surface area (Å²) in [5, 5.41) is 8.84. The summed E-state index contributed by atoms with van der Waals surface area (Å²) in [6, 6.07) is 0. The molecular weight excluding hydrogens is 162 g/mol. The molecule has 1 N–H and O–H groups in total. The van der Waals surface area contributed by atoms with Crippen molar-refractivity contribution in [3.05, 3.63) is 11.6 Å². The largest absolute Gasteiger partial charge is 0.395 e. The number of hydrogen-bond donors (Lipinski definition) is 1. The molecule has 13 heavy (non-hydrogen) atoms. The Hall–Kier alpha value is -0.340. The van der Waals surface area contributed by atoms with Crippen LogP contribution in [0.25, 0.3) is 0 Å². The zero-order valence-electron chi connectivity index (χ0n) is 9.21. The summed E-state index contributed by atoms with van der Waals surface area (Å²) in [5.41, 5.74) is 1.35. The fourth-order valence-corrected chi connectivity index (χ4v) is 1.13. The van der Waals surface area contributed by atoms with Gasteiger partial charge in [-0.05, 0) is 26.8 Å². The van der Waals surface area contributed by atoms with Crippen molar-refractivity contribution in [1.29, 1.82) is 0 Å². The van der Waals surface area contributed by atoms with E-state index >= 15 is 0 Å². The molecule has 0 amide bonds. The minimum atomic E-state index is 0.264. The number of aliphatic hydroxyl groups excluding tert-OH is 1. The Labute approximate surface area is 82.3 Å². The van der Waals surface area contributed by atoms with E-state index in [0.717, 1.165) is 19.6 Å². The van der Waals surface area contributed by atoms with Gasteiger partial charge in [-0.25, -0.2) is 0 Å². The molecule has 0 saturated heterocycles. The Morgan fingerprint density at radius 3 is 2.46 bits per heavy atom. The van der Waals surface area contributed by atoms with E-state index in [1.807, 2.05) is 0 Å². The van der Waals surface area contributed by atoms with E-state index in [0.29, 0.717) is 0 Å². The number of rotatable bonds is 7. The zero-order valence-corrected chi connectivity index (χ0v) is 9.21. The molecule has 0 aromatic rings. The van der Waals surface area contributed by atoms with Gasteiger partial charge in [0.1, 0.15) is 0 Å². The topological polar surface area (TPSA) is 23.5 Å². The maximum Gasteiger partial charge on any atom is 0.0558 e.